The molecule has 3 nitrogen and oxygen atoms in total. The van der Waals surface area contributed by atoms with Crippen molar-refractivity contribution in [1.82, 2.24) is 10.2 Å². The summed E-state index contributed by atoms with van der Waals surface area (Å²) in [5.74, 6) is -0.298. The molecule has 21 heavy (non-hydrogen) atoms. The van der Waals surface area contributed by atoms with Gasteiger partial charge in [-0.25, -0.2) is 8.78 Å². The first kappa shape index (κ1) is 13.3. The van der Waals surface area contributed by atoms with Gasteiger partial charge in [0.25, 0.3) is 0 Å². The number of nitrogens with two attached hydrogens (primary N) is 1. The number of hydrogen-bond acceptors (Lipinski definition) is 2. The van der Waals surface area contributed by atoms with E-state index in [9.17, 15) is 8.78 Å². The highest BCUT2D eigenvalue weighted by Crippen LogP contribution is 2.36. The van der Waals surface area contributed by atoms with Crippen molar-refractivity contribution < 1.29 is 8.78 Å². The fourth-order valence-corrected chi connectivity index (χ4v) is 2.37. The van der Waals surface area contributed by atoms with E-state index in [1.165, 1.54) is 24.3 Å². The Balaban J connectivity index is 2.19. The molecule has 3 aromatic rings. The number of anilines is 1. The van der Waals surface area contributed by atoms with Gasteiger partial charge in [-0.15, -0.1) is 0 Å². The molecule has 0 aliphatic carbocycles. The van der Waals surface area contributed by atoms with Gasteiger partial charge in [-0.2, -0.15) is 5.10 Å². The second-order valence-electron chi connectivity index (χ2n) is 4.82. The summed E-state index contributed by atoms with van der Waals surface area (Å²) in [6.07, 6.45) is 0. The average molecular weight is 285 g/mol. The van der Waals surface area contributed by atoms with Crippen LogP contribution in [-0.4, -0.2) is 10.2 Å². The summed E-state index contributed by atoms with van der Waals surface area (Å²) in [5, 5.41) is 6.89. The van der Waals surface area contributed by atoms with Crippen molar-refractivity contribution in [3.05, 3.63) is 59.7 Å². The predicted molar refractivity (Wildman–Crippen MR) is 78.5 cm³/mol. The number of nitrogens with zero attached hydrogens (tertiary/aromatic N) is 1. The second kappa shape index (κ2) is 5.01. The number of nitrogen functional groups attached to an aromatic ring is 1. The van der Waals surface area contributed by atoms with Gasteiger partial charge in [0.1, 0.15) is 11.6 Å². The molecule has 0 aliphatic rings. The SMILES string of the molecule is Cc1cc(F)ccc1-c1[nH]nc(N)c1-c1ccc(F)cc1. The lowest BCUT2D eigenvalue weighted by atomic mass is 9.98. The summed E-state index contributed by atoms with van der Waals surface area (Å²) in [6.45, 7) is 1.81. The molecule has 0 atom stereocenters. The van der Waals surface area contributed by atoms with Crippen molar-refractivity contribution in [2.24, 2.45) is 0 Å². The maximum absolute atomic E-state index is 13.2. The molecule has 0 spiro atoms. The number of nitrogens with one attached hydrogen (secondary N) is 1. The van der Waals surface area contributed by atoms with E-state index in [1.807, 2.05) is 6.92 Å². The lowest BCUT2D eigenvalue weighted by Crippen LogP contribution is -1.91. The van der Waals surface area contributed by atoms with Crippen LogP contribution in [0.1, 0.15) is 5.56 Å². The maximum Gasteiger partial charge on any atom is 0.153 e. The zero-order chi connectivity index (χ0) is 15.0. The third-order valence-electron chi connectivity index (χ3n) is 3.38. The zero-order valence-corrected chi connectivity index (χ0v) is 11.3. The fraction of sp³-hybridized carbons (Fsp3) is 0.0625. The van der Waals surface area contributed by atoms with E-state index in [4.69, 9.17) is 5.73 Å². The molecule has 0 unspecified atom stereocenters. The topological polar surface area (TPSA) is 54.7 Å². The van der Waals surface area contributed by atoms with Crippen LogP contribution < -0.4 is 5.73 Å². The van der Waals surface area contributed by atoms with Gasteiger partial charge in [0.2, 0.25) is 0 Å². The van der Waals surface area contributed by atoms with Crippen molar-refractivity contribution in [3.8, 4) is 22.4 Å². The minimum absolute atomic E-state index is 0.299. The van der Waals surface area contributed by atoms with Crippen LogP contribution in [0.5, 0.6) is 0 Å². The van der Waals surface area contributed by atoms with Crippen molar-refractivity contribution in [2.45, 2.75) is 6.92 Å². The summed E-state index contributed by atoms with van der Waals surface area (Å²) in [6, 6.07) is 10.5. The number of H-pyrrole nitrogens is 1. The number of benzene rings is 2. The number of aromatic amines is 1. The van der Waals surface area contributed by atoms with E-state index in [0.717, 1.165) is 16.7 Å². The Kier molecular flexibility index (Phi) is 3.17. The quantitative estimate of drug-likeness (QED) is 0.750. The number of rotatable bonds is 2. The highest BCUT2D eigenvalue weighted by atomic mass is 19.1. The molecular weight excluding hydrogens is 272 g/mol. The third-order valence-corrected chi connectivity index (χ3v) is 3.38. The minimum atomic E-state index is -0.319. The Morgan fingerprint density at radius 1 is 1.00 bits per heavy atom. The molecule has 3 N–H and O–H groups in total. The number of aromatic nitrogens is 2. The van der Waals surface area contributed by atoms with Gasteiger partial charge >= 0.3 is 0 Å². The molecule has 0 aliphatic heterocycles. The van der Waals surface area contributed by atoms with E-state index < -0.39 is 0 Å². The molecule has 5 heteroatoms. The molecule has 3 rings (SSSR count). The molecule has 106 valence electrons. The van der Waals surface area contributed by atoms with E-state index in [1.54, 1.807) is 18.2 Å². The lowest BCUT2D eigenvalue weighted by molar-refractivity contribution is 0.626. The Morgan fingerprint density at radius 3 is 2.33 bits per heavy atom. The third kappa shape index (κ3) is 2.38. The molecule has 0 saturated carbocycles. The van der Waals surface area contributed by atoms with E-state index in [2.05, 4.69) is 10.2 Å². The highest BCUT2D eigenvalue weighted by molar-refractivity contribution is 5.88. The summed E-state index contributed by atoms with van der Waals surface area (Å²) in [4.78, 5) is 0. The number of halogens is 2. The van der Waals surface area contributed by atoms with Crippen LogP contribution in [0.2, 0.25) is 0 Å². The van der Waals surface area contributed by atoms with Crippen molar-refractivity contribution in [1.29, 1.82) is 0 Å². The molecule has 1 aromatic heterocycles. The summed E-state index contributed by atoms with van der Waals surface area (Å²) >= 11 is 0. The number of hydrogen-bond donors (Lipinski definition) is 2. The van der Waals surface area contributed by atoms with Gasteiger partial charge in [-0.3, -0.25) is 5.10 Å². The Hall–Kier alpha value is -2.69. The summed E-state index contributed by atoms with van der Waals surface area (Å²) < 4.78 is 26.3. The summed E-state index contributed by atoms with van der Waals surface area (Å²) in [5.41, 5.74) is 9.62. The van der Waals surface area contributed by atoms with Crippen LogP contribution in [0.4, 0.5) is 14.6 Å². The highest BCUT2D eigenvalue weighted by Gasteiger charge is 2.16. The molecule has 2 aromatic carbocycles. The van der Waals surface area contributed by atoms with E-state index in [0.29, 0.717) is 17.1 Å². The molecule has 1 heterocycles. The first-order chi connectivity index (χ1) is 10.1. The largest absolute Gasteiger partial charge is 0.382 e. The van der Waals surface area contributed by atoms with Gasteiger partial charge in [-0.1, -0.05) is 12.1 Å². The first-order valence-corrected chi connectivity index (χ1v) is 6.42. The Morgan fingerprint density at radius 2 is 1.67 bits per heavy atom. The zero-order valence-electron chi connectivity index (χ0n) is 11.3. The van der Waals surface area contributed by atoms with Gasteiger partial charge in [0.15, 0.2) is 5.82 Å². The van der Waals surface area contributed by atoms with Gasteiger partial charge < -0.3 is 5.73 Å². The van der Waals surface area contributed by atoms with Crippen molar-refractivity contribution in [2.75, 3.05) is 5.73 Å². The van der Waals surface area contributed by atoms with Gasteiger partial charge in [0, 0.05) is 5.56 Å². The smallest absolute Gasteiger partial charge is 0.153 e. The molecule has 0 saturated heterocycles. The molecule has 0 radical (unpaired) electrons. The van der Waals surface area contributed by atoms with Crippen LogP contribution in [0.25, 0.3) is 22.4 Å². The average Bonchev–Trinajstić information content (AvgIpc) is 2.82. The fourth-order valence-electron chi connectivity index (χ4n) is 2.37. The standard InChI is InChI=1S/C16H13F2N3/c1-9-8-12(18)6-7-13(9)15-14(16(19)21-20-15)10-2-4-11(17)5-3-10/h2-8H,1H3,(H3,19,20,21). The predicted octanol–water partition coefficient (Wildman–Crippen LogP) is 3.91. The molecule has 0 bridgehead atoms. The van der Waals surface area contributed by atoms with E-state index >= 15 is 0 Å². The van der Waals surface area contributed by atoms with Gasteiger partial charge in [0.05, 0.1) is 11.3 Å². The second-order valence-corrected chi connectivity index (χ2v) is 4.82. The molecule has 0 fully saturated rings. The van der Waals surface area contributed by atoms with Crippen LogP contribution in [0, 0.1) is 18.6 Å². The van der Waals surface area contributed by atoms with Crippen LogP contribution in [-0.2, 0) is 0 Å². The maximum atomic E-state index is 13.2. The van der Waals surface area contributed by atoms with E-state index in [-0.39, 0.29) is 11.6 Å². The first-order valence-electron chi connectivity index (χ1n) is 6.42. The summed E-state index contributed by atoms with van der Waals surface area (Å²) in [7, 11) is 0. The molecule has 0 amide bonds. The van der Waals surface area contributed by atoms with Crippen molar-refractivity contribution in [3.63, 3.8) is 0 Å². The van der Waals surface area contributed by atoms with Crippen LogP contribution >= 0.6 is 0 Å². The minimum Gasteiger partial charge on any atom is -0.382 e. The lowest BCUT2D eigenvalue weighted by Gasteiger charge is -2.08. The monoisotopic (exact) mass is 285 g/mol. The Bertz CT molecular complexity index is 792. The Labute approximate surface area is 120 Å². The van der Waals surface area contributed by atoms with Crippen LogP contribution in [0.15, 0.2) is 42.5 Å². The van der Waals surface area contributed by atoms with Gasteiger partial charge in [-0.05, 0) is 48.4 Å². The van der Waals surface area contributed by atoms with Crippen molar-refractivity contribution >= 4 is 5.82 Å². The molecular formula is C16H13F2N3. The number of aryl methyl sites for hydroxylation is 1. The normalized spacial score (nSPS) is 10.8. The van der Waals surface area contributed by atoms with Crippen LogP contribution in [0.3, 0.4) is 0 Å².